The van der Waals surface area contributed by atoms with Crippen molar-refractivity contribution in [3.8, 4) is 11.3 Å². The van der Waals surface area contributed by atoms with Gasteiger partial charge in [-0.2, -0.15) is 5.10 Å². The van der Waals surface area contributed by atoms with Crippen molar-refractivity contribution in [3.63, 3.8) is 0 Å². The quantitative estimate of drug-likeness (QED) is 0.713. The van der Waals surface area contributed by atoms with Crippen LogP contribution in [0.25, 0.3) is 11.3 Å². The van der Waals surface area contributed by atoms with E-state index in [1.54, 1.807) is 11.1 Å². The molecule has 3 rings (SSSR count). The molecule has 0 aliphatic carbocycles. The van der Waals surface area contributed by atoms with Gasteiger partial charge in [0.15, 0.2) is 0 Å². The number of nitrogens with zero attached hydrogens (tertiary/aromatic N) is 3. The fourth-order valence-electron chi connectivity index (χ4n) is 4.02. The number of benzene rings is 1. The van der Waals surface area contributed by atoms with Gasteiger partial charge in [-0.1, -0.05) is 45.0 Å². The molecule has 1 aromatic carbocycles. The Labute approximate surface area is 184 Å². The zero-order valence-electron chi connectivity index (χ0n) is 19.1. The monoisotopic (exact) mass is 426 g/mol. The third-order valence-electron chi connectivity index (χ3n) is 6.34. The second kappa shape index (κ2) is 9.64. The van der Waals surface area contributed by atoms with E-state index in [2.05, 4.69) is 17.3 Å². The van der Waals surface area contributed by atoms with Gasteiger partial charge in [-0.05, 0) is 37.0 Å². The number of aliphatic hydroxyl groups excluding tert-OH is 1. The molecule has 1 fully saturated rings. The number of likely N-dealkylation sites (tertiary alicyclic amines) is 1. The third-order valence-corrected chi connectivity index (χ3v) is 6.34. The van der Waals surface area contributed by atoms with Crippen LogP contribution in [-0.4, -0.2) is 50.3 Å². The summed E-state index contributed by atoms with van der Waals surface area (Å²) < 4.78 is 1.94. The Morgan fingerprint density at radius 2 is 1.84 bits per heavy atom. The number of carbonyl (C=O) groups is 2. The molecule has 0 spiro atoms. The molecular weight excluding hydrogens is 392 g/mol. The van der Waals surface area contributed by atoms with Gasteiger partial charge in [0.25, 0.3) is 0 Å². The van der Waals surface area contributed by atoms with Crippen molar-refractivity contribution in [2.75, 3.05) is 6.54 Å². The van der Waals surface area contributed by atoms with Crippen LogP contribution in [0.15, 0.2) is 36.5 Å². The fraction of sp³-hybridized carbons (Fsp3) is 0.542. The highest BCUT2D eigenvalue weighted by Gasteiger charge is 2.40. The van der Waals surface area contributed by atoms with Crippen LogP contribution in [0.4, 0.5) is 0 Å². The summed E-state index contributed by atoms with van der Waals surface area (Å²) in [6.07, 6.45) is 1.39. The van der Waals surface area contributed by atoms with E-state index in [1.165, 1.54) is 0 Å². The molecule has 1 aliphatic rings. The predicted molar refractivity (Wildman–Crippen MR) is 120 cm³/mol. The zero-order chi connectivity index (χ0) is 22.7. The van der Waals surface area contributed by atoms with Gasteiger partial charge in [-0.3, -0.25) is 14.3 Å². The van der Waals surface area contributed by atoms with Crippen LogP contribution in [-0.2, 0) is 16.1 Å². The van der Waals surface area contributed by atoms with E-state index in [-0.39, 0.29) is 42.7 Å². The number of amides is 2. The van der Waals surface area contributed by atoms with Gasteiger partial charge in [0.05, 0.1) is 17.8 Å². The first kappa shape index (κ1) is 23.0. The lowest BCUT2D eigenvalue weighted by Gasteiger charge is -2.29. The van der Waals surface area contributed by atoms with Gasteiger partial charge in [0.1, 0.15) is 6.04 Å². The van der Waals surface area contributed by atoms with Crippen LogP contribution in [0.1, 0.15) is 52.6 Å². The lowest BCUT2D eigenvalue weighted by molar-refractivity contribution is -0.142. The molecule has 2 amide bonds. The Kier molecular flexibility index (Phi) is 7.15. The summed E-state index contributed by atoms with van der Waals surface area (Å²) in [6.45, 7) is 10.8. The van der Waals surface area contributed by atoms with Crippen molar-refractivity contribution in [3.05, 3.63) is 42.1 Å². The Bertz CT molecular complexity index is 906. The van der Waals surface area contributed by atoms with E-state index < -0.39 is 12.1 Å². The van der Waals surface area contributed by atoms with E-state index in [9.17, 15) is 14.7 Å². The molecule has 4 atom stereocenters. The number of aryl methyl sites for hydroxylation is 1. The highest BCUT2D eigenvalue weighted by atomic mass is 16.3. The van der Waals surface area contributed by atoms with Crippen LogP contribution < -0.4 is 5.32 Å². The Morgan fingerprint density at radius 3 is 2.45 bits per heavy atom. The minimum atomic E-state index is -0.669. The van der Waals surface area contributed by atoms with Gasteiger partial charge in [0.2, 0.25) is 11.8 Å². The molecule has 1 saturated heterocycles. The van der Waals surface area contributed by atoms with Crippen molar-refractivity contribution in [2.24, 2.45) is 11.8 Å². The zero-order valence-corrected chi connectivity index (χ0v) is 19.1. The fourth-order valence-corrected chi connectivity index (χ4v) is 4.02. The Morgan fingerprint density at radius 1 is 1.16 bits per heavy atom. The van der Waals surface area contributed by atoms with Crippen LogP contribution >= 0.6 is 0 Å². The average Bonchev–Trinajstić information content (AvgIpc) is 3.39. The number of hydrogen-bond acceptors (Lipinski definition) is 4. The van der Waals surface area contributed by atoms with E-state index in [0.29, 0.717) is 0 Å². The number of hydrogen-bond donors (Lipinski definition) is 2. The molecule has 2 N–H and O–H groups in total. The summed E-state index contributed by atoms with van der Waals surface area (Å²) in [5.74, 6) is -0.310. The molecule has 168 valence electrons. The van der Waals surface area contributed by atoms with Crippen molar-refractivity contribution < 1.29 is 14.7 Å². The van der Waals surface area contributed by atoms with E-state index in [4.69, 9.17) is 0 Å². The summed E-state index contributed by atoms with van der Waals surface area (Å²) in [5, 5.41) is 17.5. The second-order valence-electron chi connectivity index (χ2n) is 8.81. The largest absolute Gasteiger partial charge is 0.391 e. The first-order chi connectivity index (χ1) is 14.7. The standard InChI is InChI=1S/C24H34N4O3/c1-6-28-21(11-12-25-28)19-9-7-18(8-10-19)17(5)26-23(30)22-13-20(29)14-27(22)24(31)16(4)15(2)3/h7-12,15-17,20,22,29H,6,13-14H2,1-5H3,(H,26,30). The molecule has 0 saturated carbocycles. The Balaban J connectivity index is 1.68. The normalized spacial score (nSPS) is 20.7. The molecule has 1 aliphatic heterocycles. The molecule has 7 heteroatoms. The molecule has 2 aromatic rings. The number of β-amino-alcohol motifs (C(OH)–C–C–N with tert-alkyl or cyclic N) is 1. The molecule has 1 aromatic heterocycles. The van der Waals surface area contributed by atoms with E-state index in [0.717, 1.165) is 23.4 Å². The lowest BCUT2D eigenvalue weighted by atomic mass is 9.96. The average molecular weight is 427 g/mol. The van der Waals surface area contributed by atoms with Crippen LogP contribution in [0.2, 0.25) is 0 Å². The maximum absolute atomic E-state index is 13.0. The van der Waals surface area contributed by atoms with Gasteiger partial charge >= 0.3 is 0 Å². The SMILES string of the molecule is CCn1nccc1-c1ccc(C(C)NC(=O)C2CC(O)CN2C(=O)C(C)C(C)C)cc1. The number of rotatable bonds is 7. The van der Waals surface area contributed by atoms with Crippen molar-refractivity contribution in [1.29, 1.82) is 0 Å². The highest BCUT2D eigenvalue weighted by Crippen LogP contribution is 2.25. The first-order valence-corrected chi connectivity index (χ1v) is 11.1. The van der Waals surface area contributed by atoms with E-state index >= 15 is 0 Å². The number of aromatic nitrogens is 2. The van der Waals surface area contributed by atoms with E-state index in [1.807, 2.05) is 62.7 Å². The Hall–Kier alpha value is -2.67. The molecule has 0 bridgehead atoms. The van der Waals surface area contributed by atoms with Gasteiger partial charge in [0, 0.05) is 31.6 Å². The summed E-state index contributed by atoms with van der Waals surface area (Å²) in [5.41, 5.74) is 3.10. The van der Waals surface area contributed by atoms with Crippen LogP contribution in [0, 0.1) is 11.8 Å². The molecule has 31 heavy (non-hydrogen) atoms. The topological polar surface area (TPSA) is 87.5 Å². The molecule has 2 heterocycles. The minimum Gasteiger partial charge on any atom is -0.391 e. The summed E-state index contributed by atoms with van der Waals surface area (Å²) in [7, 11) is 0. The van der Waals surface area contributed by atoms with Gasteiger partial charge in [-0.15, -0.1) is 0 Å². The van der Waals surface area contributed by atoms with Crippen molar-refractivity contribution >= 4 is 11.8 Å². The lowest BCUT2D eigenvalue weighted by Crippen LogP contribution is -2.48. The maximum Gasteiger partial charge on any atom is 0.243 e. The van der Waals surface area contributed by atoms with Crippen molar-refractivity contribution in [1.82, 2.24) is 20.0 Å². The molecule has 4 unspecified atom stereocenters. The maximum atomic E-state index is 13.0. The molecular formula is C24H34N4O3. The summed E-state index contributed by atoms with van der Waals surface area (Å²) in [6, 6.07) is 9.19. The van der Waals surface area contributed by atoms with Crippen molar-refractivity contribution in [2.45, 2.75) is 65.8 Å². The number of nitrogens with one attached hydrogen (secondary N) is 1. The molecule has 7 nitrogen and oxygen atoms in total. The third kappa shape index (κ3) is 4.98. The summed E-state index contributed by atoms with van der Waals surface area (Å²) in [4.78, 5) is 27.4. The van der Waals surface area contributed by atoms with Crippen LogP contribution in [0.3, 0.4) is 0 Å². The smallest absolute Gasteiger partial charge is 0.243 e. The highest BCUT2D eigenvalue weighted by molar-refractivity contribution is 5.89. The van der Waals surface area contributed by atoms with Gasteiger partial charge < -0.3 is 15.3 Å². The number of aliphatic hydroxyl groups is 1. The first-order valence-electron chi connectivity index (χ1n) is 11.1. The molecule has 0 radical (unpaired) electrons. The van der Waals surface area contributed by atoms with Crippen LogP contribution in [0.5, 0.6) is 0 Å². The second-order valence-corrected chi connectivity index (χ2v) is 8.81. The predicted octanol–water partition coefficient (Wildman–Crippen LogP) is 3.00. The minimum absolute atomic E-state index is 0.0729. The van der Waals surface area contributed by atoms with Gasteiger partial charge in [-0.25, -0.2) is 0 Å². The number of carbonyl (C=O) groups excluding carboxylic acids is 2. The summed E-state index contributed by atoms with van der Waals surface area (Å²) >= 11 is 0.